The highest BCUT2D eigenvalue weighted by molar-refractivity contribution is 5.97. The summed E-state index contributed by atoms with van der Waals surface area (Å²) in [4.78, 5) is 26.9. The van der Waals surface area contributed by atoms with Crippen molar-refractivity contribution in [1.29, 1.82) is 0 Å². The van der Waals surface area contributed by atoms with Gasteiger partial charge in [0.15, 0.2) is 0 Å². The molecule has 7 heteroatoms. The molecule has 1 saturated carbocycles. The van der Waals surface area contributed by atoms with Gasteiger partial charge in [0.1, 0.15) is 0 Å². The van der Waals surface area contributed by atoms with Crippen molar-refractivity contribution < 1.29 is 22.8 Å². The van der Waals surface area contributed by atoms with Crippen LogP contribution in [-0.4, -0.2) is 35.3 Å². The Kier molecular flexibility index (Phi) is 4.61. The van der Waals surface area contributed by atoms with Gasteiger partial charge in [-0.15, -0.1) is 0 Å². The van der Waals surface area contributed by atoms with Crippen molar-refractivity contribution >= 4 is 11.8 Å². The second kappa shape index (κ2) is 6.96. The maximum Gasteiger partial charge on any atom is 0.417 e. The molecule has 0 radical (unpaired) electrons. The van der Waals surface area contributed by atoms with Gasteiger partial charge in [0.25, 0.3) is 11.8 Å². The monoisotopic (exact) mass is 388 g/mol. The average Bonchev–Trinajstić information content (AvgIpc) is 3.28. The van der Waals surface area contributed by atoms with Crippen molar-refractivity contribution in [2.75, 3.05) is 6.54 Å². The van der Waals surface area contributed by atoms with Crippen LogP contribution in [0.4, 0.5) is 13.2 Å². The first kappa shape index (κ1) is 18.5. The number of benzene rings is 2. The summed E-state index contributed by atoms with van der Waals surface area (Å²) in [6, 6.07) is 13.1. The first-order valence-corrected chi connectivity index (χ1v) is 9.17. The standard InChI is InChI=1S/C21H19F3N2O2/c22-21(23,24)16-9-5-4-8-15(16)20(28)26-12-13-10-17(18(26)11-13)25-19(27)14-6-2-1-3-7-14/h1-9,13,17-18H,10-12H2,(H,25,27). The van der Waals surface area contributed by atoms with Gasteiger partial charge < -0.3 is 10.2 Å². The highest BCUT2D eigenvalue weighted by atomic mass is 19.4. The molecule has 2 aromatic carbocycles. The molecule has 2 aliphatic rings. The second-order valence-electron chi connectivity index (χ2n) is 7.35. The zero-order valence-corrected chi connectivity index (χ0v) is 14.9. The maximum absolute atomic E-state index is 13.3. The lowest BCUT2D eigenvalue weighted by molar-refractivity contribution is -0.138. The molecule has 2 bridgehead atoms. The fraction of sp³-hybridized carbons (Fsp3) is 0.333. The van der Waals surface area contributed by atoms with Gasteiger partial charge in [-0.3, -0.25) is 9.59 Å². The van der Waals surface area contributed by atoms with E-state index in [2.05, 4.69) is 5.32 Å². The topological polar surface area (TPSA) is 49.4 Å². The van der Waals surface area contributed by atoms with Crippen molar-refractivity contribution in [3.63, 3.8) is 0 Å². The van der Waals surface area contributed by atoms with Gasteiger partial charge in [-0.2, -0.15) is 13.2 Å². The lowest BCUT2D eigenvalue weighted by Crippen LogP contribution is -2.52. The van der Waals surface area contributed by atoms with Gasteiger partial charge in [0, 0.05) is 18.2 Å². The van der Waals surface area contributed by atoms with Crippen LogP contribution < -0.4 is 5.32 Å². The van der Waals surface area contributed by atoms with Gasteiger partial charge in [0.05, 0.1) is 17.2 Å². The summed E-state index contributed by atoms with van der Waals surface area (Å²) in [7, 11) is 0. The summed E-state index contributed by atoms with van der Waals surface area (Å²) in [6.07, 6.45) is -3.17. The number of halogens is 3. The van der Waals surface area contributed by atoms with Gasteiger partial charge in [0.2, 0.25) is 0 Å². The van der Waals surface area contributed by atoms with Gasteiger partial charge in [-0.05, 0) is 43.0 Å². The minimum Gasteiger partial charge on any atom is -0.347 e. The third-order valence-electron chi connectivity index (χ3n) is 5.56. The Morgan fingerprint density at radius 1 is 0.964 bits per heavy atom. The molecule has 28 heavy (non-hydrogen) atoms. The summed E-state index contributed by atoms with van der Waals surface area (Å²) in [5.74, 6) is -0.673. The van der Waals surface area contributed by atoms with E-state index in [4.69, 9.17) is 0 Å². The first-order valence-electron chi connectivity index (χ1n) is 9.17. The Morgan fingerprint density at radius 3 is 2.32 bits per heavy atom. The van der Waals surface area contributed by atoms with Gasteiger partial charge in [-0.1, -0.05) is 30.3 Å². The van der Waals surface area contributed by atoms with E-state index in [0.29, 0.717) is 18.5 Å². The molecular formula is C21H19F3N2O2. The van der Waals surface area contributed by atoms with Crippen molar-refractivity contribution in [2.24, 2.45) is 5.92 Å². The van der Waals surface area contributed by atoms with E-state index < -0.39 is 17.6 Å². The summed E-state index contributed by atoms with van der Waals surface area (Å²) in [6.45, 7) is 0.424. The van der Waals surface area contributed by atoms with Crippen molar-refractivity contribution in [2.45, 2.75) is 31.1 Å². The van der Waals surface area contributed by atoms with Crippen molar-refractivity contribution in [3.8, 4) is 0 Å². The molecule has 4 rings (SSSR count). The minimum absolute atomic E-state index is 0.188. The highest BCUT2D eigenvalue weighted by Crippen LogP contribution is 2.40. The Bertz CT molecular complexity index is 898. The molecule has 3 unspecified atom stereocenters. The van der Waals surface area contributed by atoms with E-state index in [1.807, 2.05) is 6.07 Å². The number of piperidine rings is 1. The molecule has 2 amide bonds. The lowest BCUT2D eigenvalue weighted by Gasteiger charge is -2.34. The van der Waals surface area contributed by atoms with E-state index in [1.54, 1.807) is 24.3 Å². The van der Waals surface area contributed by atoms with Crippen LogP contribution in [0.2, 0.25) is 0 Å². The largest absolute Gasteiger partial charge is 0.417 e. The summed E-state index contributed by atoms with van der Waals surface area (Å²) in [5.41, 5.74) is -0.742. The quantitative estimate of drug-likeness (QED) is 0.871. The number of alkyl halides is 3. The van der Waals surface area contributed by atoms with Crippen LogP contribution in [0, 0.1) is 5.92 Å². The number of hydrogen-bond acceptors (Lipinski definition) is 2. The molecular weight excluding hydrogens is 369 g/mol. The number of nitrogens with one attached hydrogen (secondary N) is 1. The van der Waals surface area contributed by atoms with Gasteiger partial charge in [-0.25, -0.2) is 0 Å². The highest BCUT2D eigenvalue weighted by Gasteiger charge is 2.48. The van der Waals surface area contributed by atoms with E-state index >= 15 is 0 Å². The number of fused-ring (bicyclic) bond motifs is 2. The van der Waals surface area contributed by atoms with Crippen LogP contribution in [0.15, 0.2) is 54.6 Å². The van der Waals surface area contributed by atoms with Crippen molar-refractivity contribution in [1.82, 2.24) is 10.2 Å². The molecule has 2 fully saturated rings. The fourth-order valence-corrected chi connectivity index (χ4v) is 4.33. The van der Waals surface area contributed by atoms with Crippen LogP contribution in [0.1, 0.15) is 39.1 Å². The molecule has 146 valence electrons. The molecule has 0 spiro atoms. The van der Waals surface area contributed by atoms with Crippen LogP contribution in [0.5, 0.6) is 0 Å². The molecule has 1 N–H and O–H groups in total. The van der Waals surface area contributed by atoms with Crippen LogP contribution in [0.25, 0.3) is 0 Å². The van der Waals surface area contributed by atoms with Gasteiger partial charge >= 0.3 is 6.18 Å². The normalized spacial score (nSPS) is 23.7. The minimum atomic E-state index is -4.59. The molecule has 1 aliphatic carbocycles. The number of hydrogen-bond donors (Lipinski definition) is 1. The maximum atomic E-state index is 13.3. The lowest BCUT2D eigenvalue weighted by atomic mass is 10.0. The molecule has 1 heterocycles. The summed E-state index contributed by atoms with van der Waals surface area (Å²) >= 11 is 0. The smallest absolute Gasteiger partial charge is 0.347 e. The Morgan fingerprint density at radius 2 is 1.64 bits per heavy atom. The zero-order valence-electron chi connectivity index (χ0n) is 14.9. The predicted molar refractivity (Wildman–Crippen MR) is 96.7 cm³/mol. The molecule has 4 nitrogen and oxygen atoms in total. The molecule has 1 saturated heterocycles. The third-order valence-corrected chi connectivity index (χ3v) is 5.56. The predicted octanol–water partition coefficient (Wildman–Crippen LogP) is 3.74. The summed E-state index contributed by atoms with van der Waals surface area (Å²) < 4.78 is 39.9. The van der Waals surface area contributed by atoms with E-state index in [1.165, 1.54) is 23.1 Å². The zero-order chi connectivity index (χ0) is 19.9. The fourth-order valence-electron chi connectivity index (χ4n) is 4.33. The Labute approximate surface area is 160 Å². The number of carbonyl (C=O) groups is 2. The number of carbonyl (C=O) groups excluding carboxylic acids is 2. The Hall–Kier alpha value is -2.83. The molecule has 1 aliphatic heterocycles. The molecule has 0 aromatic heterocycles. The second-order valence-corrected chi connectivity index (χ2v) is 7.35. The molecule has 2 aromatic rings. The first-order chi connectivity index (χ1) is 13.3. The van der Waals surface area contributed by atoms with E-state index in [-0.39, 0.29) is 29.5 Å². The average molecular weight is 388 g/mol. The van der Waals surface area contributed by atoms with E-state index in [9.17, 15) is 22.8 Å². The van der Waals surface area contributed by atoms with Crippen molar-refractivity contribution in [3.05, 3.63) is 71.3 Å². The number of rotatable bonds is 3. The van der Waals surface area contributed by atoms with Crippen LogP contribution >= 0.6 is 0 Å². The van der Waals surface area contributed by atoms with Crippen LogP contribution in [-0.2, 0) is 6.18 Å². The Balaban J connectivity index is 1.53. The SMILES string of the molecule is O=C(NC1CC2CC1N(C(=O)c1ccccc1C(F)(F)F)C2)c1ccccc1. The molecule has 3 atom stereocenters. The summed E-state index contributed by atoms with van der Waals surface area (Å²) in [5, 5.41) is 2.95. The number of likely N-dealkylation sites (tertiary alicyclic amines) is 1. The third kappa shape index (κ3) is 3.37. The van der Waals surface area contributed by atoms with Crippen LogP contribution in [0.3, 0.4) is 0 Å². The number of amides is 2. The number of nitrogens with zero attached hydrogens (tertiary/aromatic N) is 1. The van der Waals surface area contributed by atoms with E-state index in [0.717, 1.165) is 12.5 Å².